The van der Waals surface area contributed by atoms with Crippen molar-refractivity contribution in [1.29, 1.82) is 0 Å². The van der Waals surface area contributed by atoms with Crippen molar-refractivity contribution >= 4 is 10.1 Å². The Hall–Kier alpha value is -0.980. The number of rotatable bonds is 5. The number of nitrogens with zero attached hydrogens (tertiary/aromatic N) is 1. The molecule has 0 spiro atoms. The molecule has 0 saturated carbocycles. The van der Waals surface area contributed by atoms with Crippen molar-refractivity contribution in [2.24, 2.45) is 0 Å². The summed E-state index contributed by atoms with van der Waals surface area (Å²) in [6, 6.07) is 3.36. The van der Waals surface area contributed by atoms with E-state index in [1.54, 1.807) is 25.3 Å². The van der Waals surface area contributed by atoms with Gasteiger partial charge in [0, 0.05) is 18.0 Å². The topological polar surface area (TPSA) is 76.5 Å². The van der Waals surface area contributed by atoms with Crippen LogP contribution >= 0.6 is 0 Å². The lowest BCUT2D eigenvalue weighted by Crippen LogP contribution is -2.32. The Bertz CT molecular complexity index is 431. The zero-order valence-corrected chi connectivity index (χ0v) is 10.1. The van der Waals surface area contributed by atoms with Gasteiger partial charge in [-0.15, -0.1) is 0 Å². The first-order valence-corrected chi connectivity index (χ1v) is 6.66. The molecule has 0 aliphatic carbocycles. The second-order valence-electron chi connectivity index (χ2n) is 3.59. The van der Waals surface area contributed by atoms with Gasteiger partial charge in [-0.1, -0.05) is 13.0 Å². The van der Waals surface area contributed by atoms with E-state index >= 15 is 0 Å². The van der Waals surface area contributed by atoms with Gasteiger partial charge in [0.05, 0.1) is 12.9 Å². The molecule has 0 unspecified atom stereocenters. The van der Waals surface area contributed by atoms with E-state index in [9.17, 15) is 13.5 Å². The third-order valence-electron chi connectivity index (χ3n) is 2.30. The smallest absolute Gasteiger partial charge is 0.264 e. The average molecular weight is 245 g/mol. The summed E-state index contributed by atoms with van der Waals surface area (Å²) in [4.78, 5) is 3.88. The SMILES string of the molecule is CC[C@@](O)(COS(C)(=O)=O)c1cccnc1. The molecule has 0 bridgehead atoms. The van der Waals surface area contributed by atoms with Gasteiger partial charge in [-0.2, -0.15) is 8.42 Å². The van der Waals surface area contributed by atoms with Crippen LogP contribution in [0, 0.1) is 0 Å². The molecule has 1 aromatic heterocycles. The van der Waals surface area contributed by atoms with Crippen LogP contribution in [-0.2, 0) is 19.9 Å². The molecule has 5 nitrogen and oxygen atoms in total. The third kappa shape index (κ3) is 3.55. The highest BCUT2D eigenvalue weighted by Crippen LogP contribution is 2.24. The number of aromatic nitrogens is 1. The molecule has 0 aliphatic heterocycles. The molecule has 16 heavy (non-hydrogen) atoms. The van der Waals surface area contributed by atoms with Gasteiger partial charge >= 0.3 is 0 Å². The predicted molar refractivity (Wildman–Crippen MR) is 59.2 cm³/mol. The van der Waals surface area contributed by atoms with Crippen LogP contribution in [0.4, 0.5) is 0 Å². The summed E-state index contributed by atoms with van der Waals surface area (Å²) in [5, 5.41) is 10.2. The van der Waals surface area contributed by atoms with E-state index in [0.29, 0.717) is 12.0 Å². The van der Waals surface area contributed by atoms with Crippen LogP contribution in [0.1, 0.15) is 18.9 Å². The number of aliphatic hydroxyl groups is 1. The minimum Gasteiger partial charge on any atom is -0.383 e. The minimum absolute atomic E-state index is 0.298. The van der Waals surface area contributed by atoms with Gasteiger partial charge in [-0.3, -0.25) is 9.17 Å². The first kappa shape index (κ1) is 13.1. The van der Waals surface area contributed by atoms with E-state index in [-0.39, 0.29) is 6.61 Å². The van der Waals surface area contributed by atoms with E-state index in [1.165, 1.54) is 6.20 Å². The number of pyridine rings is 1. The molecule has 0 radical (unpaired) electrons. The fraction of sp³-hybridized carbons (Fsp3) is 0.500. The fourth-order valence-corrected chi connectivity index (χ4v) is 1.64. The molecule has 0 aromatic carbocycles. The Morgan fingerprint density at radius 1 is 1.56 bits per heavy atom. The van der Waals surface area contributed by atoms with Crippen LogP contribution in [0.3, 0.4) is 0 Å². The highest BCUT2D eigenvalue weighted by Gasteiger charge is 2.29. The van der Waals surface area contributed by atoms with E-state index < -0.39 is 15.7 Å². The number of hydrogen-bond acceptors (Lipinski definition) is 5. The van der Waals surface area contributed by atoms with Crippen LogP contribution in [0.2, 0.25) is 0 Å². The largest absolute Gasteiger partial charge is 0.383 e. The molecule has 0 amide bonds. The van der Waals surface area contributed by atoms with Crippen molar-refractivity contribution in [3.8, 4) is 0 Å². The maximum Gasteiger partial charge on any atom is 0.264 e. The summed E-state index contributed by atoms with van der Waals surface area (Å²) in [6.07, 6.45) is 4.37. The Morgan fingerprint density at radius 3 is 2.69 bits per heavy atom. The summed E-state index contributed by atoms with van der Waals surface area (Å²) >= 11 is 0. The first-order chi connectivity index (χ1) is 7.37. The van der Waals surface area contributed by atoms with Gasteiger partial charge in [0.2, 0.25) is 0 Å². The zero-order valence-electron chi connectivity index (χ0n) is 9.25. The summed E-state index contributed by atoms with van der Waals surface area (Å²) < 4.78 is 26.4. The molecule has 1 N–H and O–H groups in total. The fourth-order valence-electron chi connectivity index (χ4n) is 1.23. The van der Waals surface area contributed by atoms with Gasteiger partial charge in [-0.25, -0.2) is 0 Å². The first-order valence-electron chi connectivity index (χ1n) is 4.85. The summed E-state index contributed by atoms with van der Waals surface area (Å²) in [5.74, 6) is 0. The Morgan fingerprint density at radius 2 is 2.25 bits per heavy atom. The normalized spacial score (nSPS) is 15.7. The van der Waals surface area contributed by atoms with Crippen molar-refractivity contribution in [1.82, 2.24) is 4.98 Å². The highest BCUT2D eigenvalue weighted by molar-refractivity contribution is 7.85. The van der Waals surface area contributed by atoms with E-state index in [0.717, 1.165) is 6.26 Å². The lowest BCUT2D eigenvalue weighted by atomic mass is 9.94. The highest BCUT2D eigenvalue weighted by atomic mass is 32.2. The van der Waals surface area contributed by atoms with Gasteiger partial charge in [0.1, 0.15) is 5.60 Å². The Kier molecular flexibility index (Phi) is 4.01. The average Bonchev–Trinajstić information content (AvgIpc) is 2.26. The molecule has 1 atom stereocenters. The van der Waals surface area contributed by atoms with Crippen molar-refractivity contribution in [2.45, 2.75) is 18.9 Å². The van der Waals surface area contributed by atoms with Crippen LogP contribution < -0.4 is 0 Å². The maximum atomic E-state index is 10.9. The molecule has 0 aliphatic rings. The molecule has 0 saturated heterocycles. The molecular weight excluding hydrogens is 230 g/mol. The third-order valence-corrected chi connectivity index (χ3v) is 2.84. The standard InChI is InChI=1S/C10H15NO4S/c1-3-10(12,8-15-16(2,13)14)9-5-4-6-11-7-9/h4-7,12H,3,8H2,1-2H3/t10-/m1/s1. The van der Waals surface area contributed by atoms with Gasteiger partial charge < -0.3 is 5.11 Å². The summed E-state index contributed by atoms with van der Waals surface area (Å²) in [6.45, 7) is 1.45. The van der Waals surface area contributed by atoms with Crippen LogP contribution in [0.15, 0.2) is 24.5 Å². The van der Waals surface area contributed by atoms with Crippen molar-refractivity contribution < 1.29 is 17.7 Å². The van der Waals surface area contributed by atoms with Crippen LogP contribution in [0.25, 0.3) is 0 Å². The molecule has 6 heteroatoms. The van der Waals surface area contributed by atoms with Gasteiger partial charge in [-0.05, 0) is 12.5 Å². The lowest BCUT2D eigenvalue weighted by molar-refractivity contribution is -0.0110. The van der Waals surface area contributed by atoms with E-state index in [1.807, 2.05) is 0 Å². The predicted octanol–water partition coefficient (Wildman–Crippen LogP) is 0.655. The molecule has 1 rings (SSSR count). The quantitative estimate of drug-likeness (QED) is 0.771. The molecule has 0 fully saturated rings. The minimum atomic E-state index is -3.56. The Balaban J connectivity index is 2.87. The van der Waals surface area contributed by atoms with Crippen LogP contribution in [0.5, 0.6) is 0 Å². The second kappa shape index (κ2) is 4.90. The molecule has 1 aromatic rings. The number of hydrogen-bond donors (Lipinski definition) is 1. The summed E-state index contributed by atoms with van der Waals surface area (Å²) in [5.41, 5.74) is -0.779. The van der Waals surface area contributed by atoms with E-state index in [2.05, 4.69) is 9.17 Å². The Labute approximate surface area is 95.2 Å². The van der Waals surface area contributed by atoms with Crippen molar-refractivity contribution in [3.63, 3.8) is 0 Å². The molecule has 1 heterocycles. The van der Waals surface area contributed by atoms with Gasteiger partial charge in [0.25, 0.3) is 10.1 Å². The zero-order chi connectivity index (χ0) is 12.2. The van der Waals surface area contributed by atoms with Crippen molar-refractivity contribution in [2.75, 3.05) is 12.9 Å². The second-order valence-corrected chi connectivity index (χ2v) is 5.24. The van der Waals surface area contributed by atoms with E-state index in [4.69, 9.17) is 0 Å². The molecular formula is C10H15NO4S. The monoisotopic (exact) mass is 245 g/mol. The van der Waals surface area contributed by atoms with Gasteiger partial charge in [0.15, 0.2) is 0 Å². The molecule has 90 valence electrons. The maximum absolute atomic E-state index is 10.9. The van der Waals surface area contributed by atoms with Crippen molar-refractivity contribution in [3.05, 3.63) is 30.1 Å². The summed E-state index contributed by atoms with van der Waals surface area (Å²) in [7, 11) is -3.56. The van der Waals surface area contributed by atoms with Crippen LogP contribution in [-0.4, -0.2) is 31.4 Å². The lowest BCUT2D eigenvalue weighted by Gasteiger charge is -2.25.